The molecule has 0 bridgehead atoms. The van der Waals surface area contributed by atoms with Crippen molar-refractivity contribution in [3.63, 3.8) is 0 Å². The summed E-state index contributed by atoms with van der Waals surface area (Å²) in [6.07, 6.45) is 3.09. The summed E-state index contributed by atoms with van der Waals surface area (Å²) >= 11 is 0. The Kier molecular flexibility index (Phi) is 4.35. The zero-order valence-electron chi connectivity index (χ0n) is 13.5. The molecule has 3 aromatic rings. The molecule has 0 saturated heterocycles. The van der Waals surface area contributed by atoms with Crippen LogP contribution in [-0.4, -0.2) is 29.4 Å². The highest BCUT2D eigenvalue weighted by molar-refractivity contribution is 7.90. The molecule has 0 aliphatic heterocycles. The van der Waals surface area contributed by atoms with Crippen LogP contribution in [0.5, 0.6) is 0 Å². The maximum Gasteiger partial charge on any atom is 0.175 e. The van der Waals surface area contributed by atoms with E-state index in [1.165, 1.54) is 6.26 Å². The molecule has 2 heterocycles. The van der Waals surface area contributed by atoms with E-state index in [9.17, 15) is 8.42 Å². The Morgan fingerprint density at radius 3 is 2.46 bits per heavy atom. The zero-order valence-corrected chi connectivity index (χ0v) is 14.3. The molecule has 0 saturated carbocycles. The summed E-state index contributed by atoms with van der Waals surface area (Å²) in [4.78, 5) is 4.86. The van der Waals surface area contributed by atoms with E-state index >= 15 is 0 Å². The minimum atomic E-state index is -3.19. The van der Waals surface area contributed by atoms with E-state index < -0.39 is 9.84 Å². The Balaban J connectivity index is 1.77. The van der Waals surface area contributed by atoms with E-state index in [0.717, 1.165) is 22.8 Å². The third-order valence-corrected chi connectivity index (χ3v) is 4.68. The number of anilines is 1. The molecule has 1 N–H and O–H groups in total. The molecule has 0 atom stereocenters. The molecule has 7 heteroatoms. The first kappa shape index (κ1) is 16.2. The fraction of sp³-hybridized carbons (Fsp3) is 0.176. The van der Waals surface area contributed by atoms with Crippen molar-refractivity contribution in [3.8, 4) is 11.3 Å². The van der Waals surface area contributed by atoms with Crippen LogP contribution in [0.15, 0.2) is 59.6 Å². The quantitative estimate of drug-likeness (QED) is 0.771. The molecule has 24 heavy (non-hydrogen) atoms. The summed E-state index contributed by atoms with van der Waals surface area (Å²) in [7, 11) is -1.31. The second-order valence-electron chi connectivity index (χ2n) is 5.54. The maximum atomic E-state index is 11.5. The maximum absolute atomic E-state index is 11.5. The van der Waals surface area contributed by atoms with Crippen LogP contribution in [0, 0.1) is 0 Å². The van der Waals surface area contributed by atoms with Crippen LogP contribution in [0.3, 0.4) is 0 Å². The molecule has 0 radical (unpaired) electrons. The highest BCUT2D eigenvalue weighted by atomic mass is 32.2. The molecule has 6 nitrogen and oxygen atoms in total. The van der Waals surface area contributed by atoms with Gasteiger partial charge in [-0.1, -0.05) is 18.2 Å². The average molecular weight is 342 g/mol. The van der Waals surface area contributed by atoms with Gasteiger partial charge in [0.1, 0.15) is 5.82 Å². The predicted molar refractivity (Wildman–Crippen MR) is 93.3 cm³/mol. The summed E-state index contributed by atoms with van der Waals surface area (Å²) in [6, 6.07) is 14.4. The van der Waals surface area contributed by atoms with Crippen LogP contribution in [0.1, 0.15) is 5.69 Å². The van der Waals surface area contributed by atoms with Crippen LogP contribution in [0.25, 0.3) is 11.3 Å². The van der Waals surface area contributed by atoms with E-state index in [4.69, 9.17) is 0 Å². The van der Waals surface area contributed by atoms with E-state index in [1.54, 1.807) is 28.9 Å². The summed E-state index contributed by atoms with van der Waals surface area (Å²) < 4.78 is 24.8. The molecule has 3 rings (SSSR count). The summed E-state index contributed by atoms with van der Waals surface area (Å²) in [5.74, 6) is 0.741. The number of pyridine rings is 1. The second-order valence-corrected chi connectivity index (χ2v) is 7.55. The number of sulfone groups is 1. The molecular weight excluding hydrogens is 324 g/mol. The number of benzene rings is 1. The third kappa shape index (κ3) is 3.80. The largest absolute Gasteiger partial charge is 0.364 e. The van der Waals surface area contributed by atoms with Gasteiger partial charge >= 0.3 is 0 Å². The number of hydrogen-bond donors (Lipinski definition) is 1. The van der Waals surface area contributed by atoms with E-state index in [0.29, 0.717) is 11.4 Å². The summed E-state index contributed by atoms with van der Waals surface area (Å²) in [5, 5.41) is 7.55. The molecule has 2 aromatic heterocycles. The lowest BCUT2D eigenvalue weighted by molar-refractivity contribution is 0.602. The Bertz CT molecular complexity index is 947. The molecule has 124 valence electrons. The van der Waals surface area contributed by atoms with Crippen LogP contribution >= 0.6 is 0 Å². The Hall–Kier alpha value is -2.67. The van der Waals surface area contributed by atoms with Gasteiger partial charge in [0.2, 0.25) is 0 Å². The van der Waals surface area contributed by atoms with Gasteiger partial charge in [0.05, 0.1) is 22.8 Å². The van der Waals surface area contributed by atoms with E-state index in [1.807, 2.05) is 37.5 Å². The summed E-state index contributed by atoms with van der Waals surface area (Å²) in [6.45, 7) is 0.588. The third-order valence-electron chi connectivity index (χ3n) is 3.55. The van der Waals surface area contributed by atoms with Crippen LogP contribution in [0.4, 0.5) is 5.82 Å². The first-order chi connectivity index (χ1) is 11.4. The van der Waals surface area contributed by atoms with Crippen LogP contribution in [0.2, 0.25) is 0 Å². The molecule has 0 aliphatic carbocycles. The van der Waals surface area contributed by atoms with Crippen molar-refractivity contribution in [1.29, 1.82) is 0 Å². The smallest absolute Gasteiger partial charge is 0.175 e. The van der Waals surface area contributed by atoms with Crippen molar-refractivity contribution in [2.45, 2.75) is 11.4 Å². The number of rotatable bonds is 5. The van der Waals surface area contributed by atoms with Crippen LogP contribution in [-0.2, 0) is 23.4 Å². The van der Waals surface area contributed by atoms with Gasteiger partial charge in [-0.25, -0.2) is 13.4 Å². The number of aryl methyl sites for hydroxylation is 1. The van der Waals surface area contributed by atoms with Crippen molar-refractivity contribution in [1.82, 2.24) is 14.8 Å². The van der Waals surface area contributed by atoms with Gasteiger partial charge in [-0.05, 0) is 30.3 Å². The normalized spacial score (nSPS) is 11.4. The molecule has 0 fully saturated rings. The molecule has 0 amide bonds. The Morgan fingerprint density at radius 1 is 1.08 bits per heavy atom. The molecule has 1 aromatic carbocycles. The van der Waals surface area contributed by atoms with Gasteiger partial charge in [0.25, 0.3) is 0 Å². The lowest BCUT2D eigenvalue weighted by Gasteiger charge is -2.07. The van der Waals surface area contributed by atoms with E-state index in [-0.39, 0.29) is 0 Å². The Morgan fingerprint density at radius 2 is 1.83 bits per heavy atom. The molecular formula is C17H18N4O2S. The van der Waals surface area contributed by atoms with Gasteiger partial charge < -0.3 is 5.32 Å². The lowest BCUT2D eigenvalue weighted by atomic mass is 10.1. The number of hydrogen-bond acceptors (Lipinski definition) is 5. The molecule has 0 aliphatic rings. The number of nitrogens with zero attached hydrogens (tertiary/aromatic N) is 3. The topological polar surface area (TPSA) is 76.9 Å². The van der Waals surface area contributed by atoms with E-state index in [2.05, 4.69) is 15.4 Å². The fourth-order valence-electron chi connectivity index (χ4n) is 2.31. The van der Waals surface area contributed by atoms with Crippen molar-refractivity contribution in [2.75, 3.05) is 11.6 Å². The first-order valence-electron chi connectivity index (χ1n) is 7.42. The van der Waals surface area contributed by atoms with Crippen molar-refractivity contribution < 1.29 is 8.42 Å². The van der Waals surface area contributed by atoms with Gasteiger partial charge in [0.15, 0.2) is 9.84 Å². The van der Waals surface area contributed by atoms with Gasteiger partial charge in [0, 0.05) is 25.1 Å². The van der Waals surface area contributed by atoms with Gasteiger partial charge in [-0.3, -0.25) is 4.68 Å². The van der Waals surface area contributed by atoms with Crippen LogP contribution < -0.4 is 5.32 Å². The zero-order chi connectivity index (χ0) is 17.2. The fourth-order valence-corrected chi connectivity index (χ4v) is 2.94. The Labute approximate surface area is 141 Å². The SMILES string of the molecule is Cn1ccc(CNc2cccc(-c3ccc(S(C)(=O)=O)cc3)n2)n1. The standard InChI is InChI=1S/C17H18N4O2S/c1-21-11-10-14(20-21)12-18-17-5-3-4-16(19-17)13-6-8-15(9-7-13)24(2,22)23/h3-11H,12H2,1-2H3,(H,18,19). The summed E-state index contributed by atoms with van der Waals surface area (Å²) in [5.41, 5.74) is 2.58. The van der Waals surface area contributed by atoms with Crippen molar-refractivity contribution >= 4 is 15.7 Å². The number of aromatic nitrogens is 3. The first-order valence-corrected chi connectivity index (χ1v) is 9.31. The van der Waals surface area contributed by atoms with Crippen molar-refractivity contribution in [3.05, 3.63) is 60.4 Å². The molecule has 0 spiro atoms. The van der Waals surface area contributed by atoms with Gasteiger partial charge in [-0.15, -0.1) is 0 Å². The minimum absolute atomic E-state index is 0.302. The molecule has 0 unspecified atom stereocenters. The second kappa shape index (κ2) is 6.45. The predicted octanol–water partition coefficient (Wildman–Crippen LogP) is 2.50. The highest BCUT2D eigenvalue weighted by Gasteiger charge is 2.08. The number of nitrogens with one attached hydrogen (secondary N) is 1. The lowest BCUT2D eigenvalue weighted by Crippen LogP contribution is -2.03. The van der Waals surface area contributed by atoms with Gasteiger partial charge in [-0.2, -0.15) is 5.10 Å². The average Bonchev–Trinajstić information content (AvgIpc) is 2.98. The minimum Gasteiger partial charge on any atom is -0.364 e. The monoisotopic (exact) mass is 342 g/mol. The highest BCUT2D eigenvalue weighted by Crippen LogP contribution is 2.21. The van der Waals surface area contributed by atoms with Crippen molar-refractivity contribution in [2.24, 2.45) is 7.05 Å².